The van der Waals surface area contributed by atoms with Gasteiger partial charge in [0.15, 0.2) is 5.96 Å². The molecule has 0 fully saturated rings. The number of ether oxygens (including phenoxy) is 1. The summed E-state index contributed by atoms with van der Waals surface area (Å²) < 4.78 is 5.22. The van der Waals surface area contributed by atoms with Crippen LogP contribution in [0.15, 0.2) is 29.3 Å². The van der Waals surface area contributed by atoms with Gasteiger partial charge in [-0.1, -0.05) is 12.1 Å². The predicted molar refractivity (Wildman–Crippen MR) is 98.6 cm³/mol. The van der Waals surface area contributed by atoms with Crippen LogP contribution >= 0.6 is 0 Å². The molecule has 0 aromatic heterocycles. The largest absolute Gasteiger partial charge is 0.497 e. The zero-order valence-electron chi connectivity index (χ0n) is 15.4. The molecular weight excluding hydrogens is 304 g/mol. The maximum absolute atomic E-state index is 11.8. The number of methoxy groups -OCH3 is 1. The number of carbonyl (C=O) groups is 1. The molecule has 0 saturated heterocycles. The average Bonchev–Trinajstić information content (AvgIpc) is 2.52. The van der Waals surface area contributed by atoms with Crippen LogP contribution in [-0.2, 0) is 11.2 Å². The number of guanidine groups is 1. The van der Waals surface area contributed by atoms with Crippen LogP contribution in [0.2, 0.25) is 0 Å². The topological polar surface area (TPSA) is 74.8 Å². The Morgan fingerprint density at radius 1 is 1.25 bits per heavy atom. The van der Waals surface area contributed by atoms with Crippen molar-refractivity contribution in [3.8, 4) is 5.75 Å². The van der Waals surface area contributed by atoms with E-state index in [9.17, 15) is 4.79 Å². The van der Waals surface area contributed by atoms with Crippen molar-refractivity contribution in [2.75, 3.05) is 27.2 Å². The zero-order chi connectivity index (χ0) is 18.0. The number of nitrogens with zero attached hydrogens (tertiary/aromatic N) is 1. The molecule has 0 heterocycles. The molecule has 1 rings (SSSR count). The second-order valence-corrected chi connectivity index (χ2v) is 6.61. The Morgan fingerprint density at radius 3 is 2.62 bits per heavy atom. The fourth-order valence-electron chi connectivity index (χ4n) is 2.17. The molecule has 6 nitrogen and oxygen atoms in total. The summed E-state index contributed by atoms with van der Waals surface area (Å²) in [6.07, 6.45) is 1.91. The fraction of sp³-hybridized carbons (Fsp3) is 0.556. The first-order valence-corrected chi connectivity index (χ1v) is 8.22. The van der Waals surface area contributed by atoms with Crippen LogP contribution in [0.1, 0.15) is 32.8 Å². The average molecular weight is 334 g/mol. The van der Waals surface area contributed by atoms with E-state index in [0.29, 0.717) is 5.96 Å². The second kappa shape index (κ2) is 9.80. The van der Waals surface area contributed by atoms with Crippen molar-refractivity contribution < 1.29 is 9.53 Å². The molecule has 1 aromatic rings. The summed E-state index contributed by atoms with van der Waals surface area (Å²) >= 11 is 0. The Hall–Kier alpha value is -2.24. The molecule has 0 saturated carbocycles. The van der Waals surface area contributed by atoms with Crippen LogP contribution in [0.3, 0.4) is 0 Å². The molecule has 1 aromatic carbocycles. The molecule has 0 atom stereocenters. The Morgan fingerprint density at radius 2 is 2.00 bits per heavy atom. The predicted octanol–water partition coefficient (Wildman–Crippen LogP) is 1.71. The van der Waals surface area contributed by atoms with Crippen LogP contribution in [-0.4, -0.2) is 44.7 Å². The highest BCUT2D eigenvalue weighted by Gasteiger charge is 2.13. The van der Waals surface area contributed by atoms with Gasteiger partial charge in [0.25, 0.3) is 0 Å². The number of carbonyl (C=O) groups excluding carboxylic acids is 1. The first kappa shape index (κ1) is 19.8. The molecule has 0 radical (unpaired) electrons. The summed E-state index contributed by atoms with van der Waals surface area (Å²) in [6.45, 7) is 6.84. The summed E-state index contributed by atoms with van der Waals surface area (Å²) in [5.74, 6) is 1.45. The summed E-state index contributed by atoms with van der Waals surface area (Å²) in [7, 11) is 3.37. The Labute approximate surface area is 145 Å². The van der Waals surface area contributed by atoms with Crippen molar-refractivity contribution in [2.24, 2.45) is 4.99 Å². The second-order valence-electron chi connectivity index (χ2n) is 6.61. The maximum Gasteiger partial charge on any atom is 0.239 e. The van der Waals surface area contributed by atoms with Gasteiger partial charge in [-0.3, -0.25) is 9.79 Å². The van der Waals surface area contributed by atoms with E-state index < -0.39 is 0 Å². The van der Waals surface area contributed by atoms with Gasteiger partial charge in [0, 0.05) is 19.1 Å². The Bertz CT molecular complexity index is 550. The van der Waals surface area contributed by atoms with Crippen molar-refractivity contribution in [1.29, 1.82) is 0 Å². The first-order chi connectivity index (χ1) is 11.3. The normalized spacial score (nSPS) is 11.8. The van der Waals surface area contributed by atoms with E-state index >= 15 is 0 Å². The lowest BCUT2D eigenvalue weighted by molar-refractivity contribution is -0.121. The van der Waals surface area contributed by atoms with Gasteiger partial charge in [-0.15, -0.1) is 0 Å². The third-order valence-electron chi connectivity index (χ3n) is 3.22. The smallest absolute Gasteiger partial charge is 0.239 e. The van der Waals surface area contributed by atoms with E-state index in [1.54, 1.807) is 14.2 Å². The number of hydrogen-bond acceptors (Lipinski definition) is 3. The van der Waals surface area contributed by atoms with Gasteiger partial charge in [0.05, 0.1) is 13.7 Å². The van der Waals surface area contributed by atoms with Gasteiger partial charge < -0.3 is 20.7 Å². The van der Waals surface area contributed by atoms with E-state index in [1.807, 2.05) is 39.0 Å². The van der Waals surface area contributed by atoms with Gasteiger partial charge in [-0.05, 0) is 51.3 Å². The highest BCUT2D eigenvalue weighted by molar-refractivity contribution is 5.86. The quantitative estimate of drug-likeness (QED) is 0.403. The minimum atomic E-state index is -0.230. The number of benzene rings is 1. The Kier molecular flexibility index (Phi) is 8.09. The molecular formula is C18H30N4O2. The van der Waals surface area contributed by atoms with E-state index in [0.717, 1.165) is 25.1 Å². The maximum atomic E-state index is 11.8. The lowest BCUT2D eigenvalue weighted by atomic mass is 10.1. The lowest BCUT2D eigenvalue weighted by Crippen LogP contribution is -2.48. The number of hydrogen-bond donors (Lipinski definition) is 3. The minimum Gasteiger partial charge on any atom is -0.497 e. The number of rotatable bonds is 7. The van der Waals surface area contributed by atoms with Crippen molar-refractivity contribution in [3.63, 3.8) is 0 Å². The van der Waals surface area contributed by atoms with Crippen LogP contribution in [0.25, 0.3) is 0 Å². The van der Waals surface area contributed by atoms with Gasteiger partial charge in [-0.2, -0.15) is 0 Å². The van der Waals surface area contributed by atoms with Gasteiger partial charge >= 0.3 is 0 Å². The molecule has 3 N–H and O–H groups in total. The number of aryl methyl sites for hydroxylation is 1. The van der Waals surface area contributed by atoms with Crippen LogP contribution in [0.5, 0.6) is 5.75 Å². The molecule has 0 aliphatic carbocycles. The highest BCUT2D eigenvalue weighted by Crippen LogP contribution is 2.13. The molecule has 6 heteroatoms. The standard InChI is InChI=1S/C18H30N4O2/c1-18(2,3)22-16(23)13-21-17(19-4)20-11-7-9-14-8-6-10-15(12-14)24-5/h6,8,10,12H,7,9,11,13H2,1-5H3,(H,22,23)(H2,19,20,21). The first-order valence-electron chi connectivity index (χ1n) is 8.22. The SMILES string of the molecule is CN=C(NCCCc1cccc(OC)c1)NCC(=O)NC(C)(C)C. The molecule has 134 valence electrons. The third kappa shape index (κ3) is 8.41. The summed E-state index contributed by atoms with van der Waals surface area (Å²) in [5, 5.41) is 9.13. The monoisotopic (exact) mass is 334 g/mol. The molecule has 0 unspecified atom stereocenters. The van der Waals surface area contributed by atoms with Crippen LogP contribution in [0, 0.1) is 0 Å². The van der Waals surface area contributed by atoms with E-state index in [2.05, 4.69) is 27.0 Å². The summed E-state index contributed by atoms with van der Waals surface area (Å²) in [4.78, 5) is 15.9. The van der Waals surface area contributed by atoms with Crippen LogP contribution < -0.4 is 20.7 Å². The van der Waals surface area contributed by atoms with Gasteiger partial charge in [0.2, 0.25) is 5.91 Å². The number of nitrogens with one attached hydrogen (secondary N) is 3. The fourth-order valence-corrected chi connectivity index (χ4v) is 2.17. The summed E-state index contributed by atoms with van der Waals surface area (Å²) in [5.41, 5.74) is 1.01. The van der Waals surface area contributed by atoms with E-state index in [4.69, 9.17) is 4.74 Å². The van der Waals surface area contributed by atoms with E-state index in [-0.39, 0.29) is 18.0 Å². The minimum absolute atomic E-state index is 0.0539. The van der Waals surface area contributed by atoms with Gasteiger partial charge in [-0.25, -0.2) is 0 Å². The highest BCUT2D eigenvalue weighted by atomic mass is 16.5. The van der Waals surface area contributed by atoms with Crippen LogP contribution in [0.4, 0.5) is 0 Å². The molecule has 0 aliphatic rings. The zero-order valence-corrected chi connectivity index (χ0v) is 15.4. The molecule has 0 bridgehead atoms. The number of amides is 1. The molecule has 1 amide bonds. The molecule has 0 spiro atoms. The van der Waals surface area contributed by atoms with Crippen molar-refractivity contribution in [2.45, 2.75) is 39.2 Å². The Balaban J connectivity index is 2.28. The summed E-state index contributed by atoms with van der Waals surface area (Å²) in [6, 6.07) is 8.07. The van der Waals surface area contributed by atoms with Crippen molar-refractivity contribution >= 4 is 11.9 Å². The third-order valence-corrected chi connectivity index (χ3v) is 3.22. The van der Waals surface area contributed by atoms with E-state index in [1.165, 1.54) is 5.56 Å². The molecule has 0 aliphatic heterocycles. The molecule has 24 heavy (non-hydrogen) atoms. The number of aliphatic imine (C=N–C) groups is 1. The van der Waals surface area contributed by atoms with Gasteiger partial charge in [0.1, 0.15) is 5.75 Å². The lowest BCUT2D eigenvalue weighted by Gasteiger charge is -2.21. The van der Waals surface area contributed by atoms with Crippen molar-refractivity contribution in [1.82, 2.24) is 16.0 Å². The van der Waals surface area contributed by atoms with Crippen molar-refractivity contribution in [3.05, 3.63) is 29.8 Å².